The van der Waals surface area contributed by atoms with E-state index in [-0.39, 0.29) is 5.78 Å². The largest absolute Gasteiger partial charge is 0.395 e. The Hall–Kier alpha value is -1.84. The van der Waals surface area contributed by atoms with Gasteiger partial charge in [-0.2, -0.15) is 0 Å². The molecule has 17 heavy (non-hydrogen) atoms. The van der Waals surface area contributed by atoms with Crippen molar-refractivity contribution in [3.63, 3.8) is 0 Å². The summed E-state index contributed by atoms with van der Waals surface area (Å²) in [6.07, 6.45) is 3.72. The molecule has 0 aliphatic rings. The molecule has 0 saturated heterocycles. The number of anilines is 1. The Labute approximate surface area is 102 Å². The predicted octanol–water partition coefficient (Wildman–Crippen LogP) is 3.10. The first-order valence-electron chi connectivity index (χ1n) is 5.61. The monoisotopic (exact) mass is 233 g/mol. The molecule has 0 bridgehead atoms. The molecule has 0 saturated carbocycles. The highest BCUT2D eigenvalue weighted by Gasteiger charge is 2.15. The van der Waals surface area contributed by atoms with Crippen LogP contribution in [0.15, 0.2) is 23.3 Å². The molecule has 3 N–H and O–H groups in total. The minimum atomic E-state index is 0.0468. The van der Waals surface area contributed by atoms with E-state index in [1.807, 2.05) is 20.8 Å². The van der Waals surface area contributed by atoms with Crippen LogP contribution in [0.2, 0.25) is 0 Å². The van der Waals surface area contributed by atoms with Crippen LogP contribution >= 0.6 is 0 Å². The van der Waals surface area contributed by atoms with E-state index in [1.165, 1.54) is 0 Å². The number of rotatable bonds is 5. The third-order valence-corrected chi connectivity index (χ3v) is 2.21. The summed E-state index contributed by atoms with van der Waals surface area (Å²) >= 11 is 0. The van der Waals surface area contributed by atoms with Crippen LogP contribution in [-0.4, -0.2) is 17.0 Å². The number of nitrogen functional groups attached to an aromatic ring is 1. The second-order valence-corrected chi connectivity index (χ2v) is 4.59. The number of aromatic amines is 1. The summed E-state index contributed by atoms with van der Waals surface area (Å²) < 4.78 is 0. The molecule has 1 aromatic heterocycles. The Morgan fingerprint density at radius 2 is 2.29 bits per heavy atom. The van der Waals surface area contributed by atoms with Gasteiger partial charge in [0.2, 0.25) is 0 Å². The number of Topliss-reactive ketones (excluding diaryl/α,β-unsaturated/α-hetero) is 1. The fourth-order valence-electron chi connectivity index (χ4n) is 1.42. The van der Waals surface area contributed by atoms with Crippen LogP contribution in [0, 0.1) is 5.92 Å². The van der Waals surface area contributed by atoms with Crippen LogP contribution in [-0.2, 0) is 0 Å². The summed E-state index contributed by atoms with van der Waals surface area (Å²) in [4.78, 5) is 18.9. The molecule has 0 radical (unpaired) electrons. The van der Waals surface area contributed by atoms with Gasteiger partial charge in [0.15, 0.2) is 11.6 Å². The van der Waals surface area contributed by atoms with Gasteiger partial charge in [-0.15, -0.1) is 0 Å². The first-order valence-corrected chi connectivity index (χ1v) is 5.61. The van der Waals surface area contributed by atoms with Gasteiger partial charge in [-0.25, -0.2) is 4.99 Å². The first-order chi connectivity index (χ1) is 7.91. The maximum Gasteiger partial charge on any atom is 0.166 e. The van der Waals surface area contributed by atoms with Crippen LogP contribution in [0.25, 0.3) is 0 Å². The van der Waals surface area contributed by atoms with Gasteiger partial charge in [-0.05, 0) is 18.4 Å². The Morgan fingerprint density at radius 1 is 1.65 bits per heavy atom. The molecule has 1 heterocycles. The number of H-pyrrole nitrogens is 1. The lowest BCUT2D eigenvalue weighted by molar-refractivity contribution is 0.0969. The molecular weight excluding hydrogens is 214 g/mol. The summed E-state index contributed by atoms with van der Waals surface area (Å²) in [5, 5.41) is 0. The third-order valence-electron chi connectivity index (χ3n) is 2.21. The van der Waals surface area contributed by atoms with Crippen molar-refractivity contribution >= 4 is 23.5 Å². The molecule has 0 aliphatic carbocycles. The highest BCUT2D eigenvalue weighted by Crippen LogP contribution is 2.26. The zero-order valence-electron chi connectivity index (χ0n) is 10.6. The Morgan fingerprint density at radius 3 is 2.82 bits per heavy atom. The summed E-state index contributed by atoms with van der Waals surface area (Å²) in [6.45, 7) is 9.55. The van der Waals surface area contributed by atoms with Crippen molar-refractivity contribution in [2.24, 2.45) is 10.9 Å². The number of nitrogens with one attached hydrogen (secondary N) is 1. The van der Waals surface area contributed by atoms with Gasteiger partial charge >= 0.3 is 0 Å². The van der Waals surface area contributed by atoms with E-state index in [0.29, 0.717) is 29.4 Å². The van der Waals surface area contributed by atoms with Gasteiger partial charge in [-0.1, -0.05) is 20.4 Å². The van der Waals surface area contributed by atoms with E-state index in [2.05, 4.69) is 16.6 Å². The van der Waals surface area contributed by atoms with Gasteiger partial charge in [0.25, 0.3) is 0 Å². The topological polar surface area (TPSA) is 71.2 Å². The fourth-order valence-corrected chi connectivity index (χ4v) is 1.42. The number of hydrogen-bond donors (Lipinski definition) is 2. The van der Waals surface area contributed by atoms with Crippen molar-refractivity contribution in [2.75, 3.05) is 5.73 Å². The summed E-state index contributed by atoms with van der Waals surface area (Å²) in [5.74, 6) is 0.879. The average molecular weight is 233 g/mol. The van der Waals surface area contributed by atoms with Gasteiger partial charge in [0.1, 0.15) is 0 Å². The lowest BCUT2D eigenvalue weighted by atomic mass is 10.0. The van der Waals surface area contributed by atoms with Crippen LogP contribution in [0.3, 0.4) is 0 Å². The van der Waals surface area contributed by atoms with Gasteiger partial charge in [0, 0.05) is 18.8 Å². The van der Waals surface area contributed by atoms with Crippen molar-refractivity contribution in [1.82, 2.24) is 4.98 Å². The minimum absolute atomic E-state index is 0.0468. The average Bonchev–Trinajstić information content (AvgIpc) is 2.55. The number of aromatic nitrogens is 1. The molecule has 0 unspecified atom stereocenters. The fraction of sp³-hybridized carbons (Fsp3) is 0.385. The Kier molecular flexibility index (Phi) is 4.26. The van der Waals surface area contributed by atoms with Gasteiger partial charge < -0.3 is 10.7 Å². The van der Waals surface area contributed by atoms with Crippen LogP contribution in [0.1, 0.15) is 37.6 Å². The SMILES string of the molecule is C=C(C)C=Nc1[nH]cc(C(=O)CC(C)C)c1N. The highest BCUT2D eigenvalue weighted by molar-refractivity contribution is 6.03. The highest BCUT2D eigenvalue weighted by atomic mass is 16.1. The van der Waals surface area contributed by atoms with Crippen molar-refractivity contribution in [3.8, 4) is 0 Å². The normalized spacial score (nSPS) is 11.3. The quantitative estimate of drug-likeness (QED) is 0.606. The van der Waals surface area contributed by atoms with Crippen LogP contribution in [0.4, 0.5) is 11.5 Å². The van der Waals surface area contributed by atoms with E-state index in [4.69, 9.17) is 5.73 Å². The van der Waals surface area contributed by atoms with E-state index in [9.17, 15) is 4.79 Å². The summed E-state index contributed by atoms with van der Waals surface area (Å²) in [5.41, 5.74) is 7.63. The summed E-state index contributed by atoms with van der Waals surface area (Å²) in [6, 6.07) is 0. The number of allylic oxidation sites excluding steroid dienone is 1. The predicted molar refractivity (Wildman–Crippen MR) is 72.0 cm³/mol. The standard InChI is InChI=1S/C13H19N3O/c1-8(2)5-11(17)10-7-16-13(12(10)14)15-6-9(3)4/h6-8,16H,3,5,14H2,1-2,4H3. The van der Waals surface area contributed by atoms with Crippen molar-refractivity contribution in [2.45, 2.75) is 27.2 Å². The molecule has 1 aromatic rings. The molecule has 0 aromatic carbocycles. The van der Waals surface area contributed by atoms with Crippen molar-refractivity contribution < 1.29 is 4.79 Å². The number of aliphatic imine (C=N–C) groups is 1. The smallest absolute Gasteiger partial charge is 0.166 e. The van der Waals surface area contributed by atoms with Crippen LogP contribution in [0.5, 0.6) is 0 Å². The van der Waals surface area contributed by atoms with E-state index >= 15 is 0 Å². The summed E-state index contributed by atoms with van der Waals surface area (Å²) in [7, 11) is 0. The van der Waals surface area contributed by atoms with E-state index in [0.717, 1.165) is 5.57 Å². The molecule has 1 rings (SSSR count). The van der Waals surface area contributed by atoms with Gasteiger partial charge in [-0.3, -0.25) is 4.79 Å². The number of carbonyl (C=O) groups excluding carboxylic acids is 1. The number of ketones is 1. The second kappa shape index (κ2) is 5.48. The van der Waals surface area contributed by atoms with Crippen molar-refractivity contribution in [3.05, 3.63) is 23.9 Å². The molecule has 0 spiro atoms. The molecule has 0 atom stereocenters. The van der Waals surface area contributed by atoms with Crippen LogP contribution < -0.4 is 5.73 Å². The van der Waals surface area contributed by atoms with Gasteiger partial charge in [0.05, 0.1) is 11.3 Å². The lowest BCUT2D eigenvalue weighted by Gasteiger charge is -2.02. The maximum atomic E-state index is 11.9. The molecule has 92 valence electrons. The number of carbonyl (C=O) groups is 1. The lowest BCUT2D eigenvalue weighted by Crippen LogP contribution is -2.04. The second-order valence-electron chi connectivity index (χ2n) is 4.59. The third kappa shape index (κ3) is 3.59. The molecule has 4 heteroatoms. The van der Waals surface area contributed by atoms with E-state index in [1.54, 1.807) is 12.4 Å². The molecule has 0 fully saturated rings. The number of nitrogens with two attached hydrogens (primary N) is 1. The molecule has 0 amide bonds. The van der Waals surface area contributed by atoms with E-state index < -0.39 is 0 Å². The number of nitrogens with zero attached hydrogens (tertiary/aromatic N) is 1. The minimum Gasteiger partial charge on any atom is -0.395 e. The Balaban J connectivity index is 2.91. The zero-order chi connectivity index (χ0) is 13.0. The number of hydrogen-bond acceptors (Lipinski definition) is 3. The molecule has 0 aliphatic heterocycles. The Bertz CT molecular complexity index is 455. The van der Waals surface area contributed by atoms with Crippen molar-refractivity contribution in [1.29, 1.82) is 0 Å². The maximum absolute atomic E-state index is 11.9. The molecular formula is C13H19N3O. The zero-order valence-corrected chi connectivity index (χ0v) is 10.6. The molecule has 4 nitrogen and oxygen atoms in total. The first kappa shape index (κ1) is 13.2.